The Morgan fingerprint density at radius 1 is 1.24 bits per heavy atom. The summed E-state index contributed by atoms with van der Waals surface area (Å²) < 4.78 is 38.8. The van der Waals surface area contributed by atoms with E-state index in [2.05, 4.69) is 5.10 Å². The SMILES string of the molecule is O=C(O)c1cc2n(n1)CCN(CCS(=O)(=O)c1ccc(F)cc1)C2=O. The fraction of sp³-hybridized carbons (Fsp3) is 0.267. The van der Waals surface area contributed by atoms with Gasteiger partial charge in [-0.15, -0.1) is 0 Å². The molecular formula is C15H14FN3O5S. The van der Waals surface area contributed by atoms with Gasteiger partial charge in [-0.1, -0.05) is 0 Å². The van der Waals surface area contributed by atoms with E-state index in [1.807, 2.05) is 0 Å². The lowest BCUT2D eigenvalue weighted by atomic mass is 10.2. The van der Waals surface area contributed by atoms with Gasteiger partial charge in [0, 0.05) is 19.2 Å². The van der Waals surface area contributed by atoms with E-state index in [-0.39, 0.29) is 41.7 Å². The first-order valence-electron chi connectivity index (χ1n) is 7.37. The second-order valence-electron chi connectivity index (χ2n) is 5.51. The van der Waals surface area contributed by atoms with Crippen LogP contribution < -0.4 is 0 Å². The van der Waals surface area contributed by atoms with E-state index >= 15 is 0 Å². The third-order valence-electron chi connectivity index (χ3n) is 3.89. The van der Waals surface area contributed by atoms with Crippen molar-refractivity contribution in [1.29, 1.82) is 0 Å². The highest BCUT2D eigenvalue weighted by Gasteiger charge is 2.29. The van der Waals surface area contributed by atoms with Gasteiger partial charge in [-0.25, -0.2) is 17.6 Å². The zero-order valence-corrected chi connectivity index (χ0v) is 13.7. The average Bonchev–Trinajstić information content (AvgIpc) is 3.00. The highest BCUT2D eigenvalue weighted by molar-refractivity contribution is 7.91. The number of carboxylic acids is 1. The lowest BCUT2D eigenvalue weighted by Gasteiger charge is -2.27. The summed E-state index contributed by atoms with van der Waals surface area (Å²) in [5, 5.41) is 12.8. The maximum atomic E-state index is 12.9. The number of fused-ring (bicyclic) bond motifs is 1. The molecule has 1 aliphatic heterocycles. The minimum Gasteiger partial charge on any atom is -0.476 e. The van der Waals surface area contributed by atoms with Gasteiger partial charge < -0.3 is 10.0 Å². The standard InChI is InChI=1S/C15H14FN3O5S/c16-10-1-3-11(4-2-10)25(23,24)8-7-18-5-6-19-13(14(18)20)9-12(17-19)15(21)22/h1-4,9H,5-8H2,(H,21,22). The molecule has 0 saturated carbocycles. The smallest absolute Gasteiger partial charge is 0.356 e. The topological polar surface area (TPSA) is 110 Å². The van der Waals surface area contributed by atoms with Crippen molar-refractivity contribution in [3.05, 3.63) is 47.5 Å². The highest BCUT2D eigenvalue weighted by Crippen LogP contribution is 2.16. The van der Waals surface area contributed by atoms with Crippen LogP contribution in [0.1, 0.15) is 21.0 Å². The summed E-state index contributed by atoms with van der Waals surface area (Å²) in [6, 6.07) is 5.65. The van der Waals surface area contributed by atoms with Gasteiger partial charge in [0.15, 0.2) is 15.5 Å². The minimum atomic E-state index is -3.66. The van der Waals surface area contributed by atoms with Crippen LogP contribution in [-0.2, 0) is 16.4 Å². The van der Waals surface area contributed by atoms with Crippen LogP contribution in [0.15, 0.2) is 35.2 Å². The predicted octanol–water partition coefficient (Wildman–Crippen LogP) is 0.650. The van der Waals surface area contributed by atoms with Gasteiger partial charge in [0.1, 0.15) is 11.5 Å². The van der Waals surface area contributed by atoms with Crippen molar-refractivity contribution in [2.24, 2.45) is 0 Å². The Morgan fingerprint density at radius 3 is 2.56 bits per heavy atom. The number of hydrogen-bond donors (Lipinski definition) is 1. The fourth-order valence-corrected chi connectivity index (χ4v) is 3.79. The maximum Gasteiger partial charge on any atom is 0.356 e. The summed E-state index contributed by atoms with van der Waals surface area (Å²) in [7, 11) is -3.66. The van der Waals surface area contributed by atoms with Crippen LogP contribution in [0.5, 0.6) is 0 Å². The molecule has 1 aromatic carbocycles. The predicted molar refractivity (Wildman–Crippen MR) is 83.5 cm³/mol. The van der Waals surface area contributed by atoms with Gasteiger partial charge in [-0.2, -0.15) is 5.10 Å². The Labute approximate surface area is 142 Å². The summed E-state index contributed by atoms with van der Waals surface area (Å²) in [6.45, 7) is 0.461. The van der Waals surface area contributed by atoms with Crippen LogP contribution >= 0.6 is 0 Å². The number of halogens is 1. The number of sulfone groups is 1. The van der Waals surface area contributed by atoms with Crippen molar-refractivity contribution in [3.8, 4) is 0 Å². The molecule has 3 rings (SSSR count). The number of aromatic nitrogens is 2. The number of carbonyl (C=O) groups excluding carboxylic acids is 1. The lowest BCUT2D eigenvalue weighted by Crippen LogP contribution is -2.42. The molecule has 1 aromatic heterocycles. The van der Waals surface area contributed by atoms with Gasteiger partial charge in [0.2, 0.25) is 0 Å². The number of amides is 1. The lowest BCUT2D eigenvalue weighted by molar-refractivity contribution is 0.0681. The molecule has 0 unspecified atom stereocenters. The van der Waals surface area contributed by atoms with E-state index in [1.165, 1.54) is 27.8 Å². The van der Waals surface area contributed by atoms with Crippen molar-refractivity contribution in [3.63, 3.8) is 0 Å². The first-order valence-corrected chi connectivity index (χ1v) is 9.02. The third-order valence-corrected chi connectivity index (χ3v) is 5.60. The van der Waals surface area contributed by atoms with Crippen molar-refractivity contribution < 1.29 is 27.5 Å². The number of rotatable bonds is 5. The summed E-state index contributed by atoms with van der Waals surface area (Å²) >= 11 is 0. The highest BCUT2D eigenvalue weighted by atomic mass is 32.2. The molecule has 2 heterocycles. The van der Waals surface area contributed by atoms with Crippen LogP contribution in [0.3, 0.4) is 0 Å². The number of nitrogens with zero attached hydrogens (tertiary/aromatic N) is 3. The van der Waals surface area contributed by atoms with Crippen molar-refractivity contribution >= 4 is 21.7 Å². The molecular weight excluding hydrogens is 353 g/mol. The number of carbonyl (C=O) groups is 2. The molecule has 0 atom stereocenters. The normalized spacial score (nSPS) is 14.4. The van der Waals surface area contributed by atoms with Crippen molar-refractivity contribution in [1.82, 2.24) is 14.7 Å². The molecule has 25 heavy (non-hydrogen) atoms. The van der Waals surface area contributed by atoms with Gasteiger partial charge in [-0.05, 0) is 24.3 Å². The van der Waals surface area contributed by atoms with Crippen molar-refractivity contribution in [2.75, 3.05) is 18.8 Å². The van der Waals surface area contributed by atoms with E-state index in [9.17, 15) is 22.4 Å². The summed E-state index contributed by atoms with van der Waals surface area (Å²) in [5.74, 6) is -2.56. The largest absolute Gasteiger partial charge is 0.476 e. The van der Waals surface area contributed by atoms with Gasteiger partial charge in [-0.3, -0.25) is 9.48 Å². The van der Waals surface area contributed by atoms with E-state index < -0.39 is 27.5 Å². The Balaban J connectivity index is 1.72. The third kappa shape index (κ3) is 3.38. The molecule has 1 N–H and O–H groups in total. The monoisotopic (exact) mass is 367 g/mol. The molecule has 2 aromatic rings. The van der Waals surface area contributed by atoms with Gasteiger partial charge >= 0.3 is 5.97 Å². The number of benzene rings is 1. The van der Waals surface area contributed by atoms with Gasteiger partial charge in [0.25, 0.3) is 5.91 Å². The molecule has 10 heteroatoms. The fourth-order valence-electron chi connectivity index (χ4n) is 2.55. The maximum absolute atomic E-state index is 12.9. The number of aromatic carboxylic acids is 1. The van der Waals surface area contributed by atoms with E-state index in [1.54, 1.807) is 0 Å². The number of hydrogen-bond acceptors (Lipinski definition) is 5. The number of carboxylic acid groups (broad SMARTS) is 1. The molecule has 1 aliphatic rings. The Kier molecular flexibility index (Phi) is 4.29. The summed E-state index contributed by atoms with van der Waals surface area (Å²) in [5.41, 5.74) is -0.119. The van der Waals surface area contributed by atoms with Crippen LogP contribution in [0, 0.1) is 5.82 Å². The average molecular weight is 367 g/mol. The molecule has 0 fully saturated rings. The van der Waals surface area contributed by atoms with Gasteiger partial charge in [0.05, 0.1) is 17.2 Å². The van der Waals surface area contributed by atoms with Crippen LogP contribution in [0.25, 0.3) is 0 Å². The molecule has 1 amide bonds. The van der Waals surface area contributed by atoms with E-state index in [0.717, 1.165) is 12.1 Å². The second-order valence-corrected chi connectivity index (χ2v) is 7.62. The molecule has 0 bridgehead atoms. The zero-order valence-electron chi connectivity index (χ0n) is 12.9. The molecule has 132 valence electrons. The molecule has 8 nitrogen and oxygen atoms in total. The molecule has 0 saturated heterocycles. The Bertz CT molecular complexity index is 937. The van der Waals surface area contributed by atoms with Crippen LogP contribution in [0.4, 0.5) is 4.39 Å². The van der Waals surface area contributed by atoms with E-state index in [0.29, 0.717) is 0 Å². The van der Waals surface area contributed by atoms with Crippen LogP contribution in [-0.4, -0.2) is 58.9 Å². The Hall–Kier alpha value is -2.75. The molecule has 0 spiro atoms. The quantitative estimate of drug-likeness (QED) is 0.777. The first kappa shape index (κ1) is 17.1. The van der Waals surface area contributed by atoms with Crippen LogP contribution in [0.2, 0.25) is 0 Å². The Morgan fingerprint density at radius 2 is 1.92 bits per heavy atom. The summed E-state index contributed by atoms with van der Waals surface area (Å²) in [4.78, 5) is 24.6. The minimum absolute atomic E-state index is 0.0171. The van der Waals surface area contributed by atoms with Crippen molar-refractivity contribution in [2.45, 2.75) is 11.4 Å². The second kappa shape index (κ2) is 6.28. The first-order chi connectivity index (χ1) is 11.8. The molecule has 0 radical (unpaired) electrons. The summed E-state index contributed by atoms with van der Waals surface area (Å²) in [6.07, 6.45) is 0. The molecule has 0 aliphatic carbocycles. The van der Waals surface area contributed by atoms with E-state index in [4.69, 9.17) is 5.11 Å². The zero-order chi connectivity index (χ0) is 18.2.